The van der Waals surface area contributed by atoms with E-state index in [1.54, 1.807) is 0 Å². The van der Waals surface area contributed by atoms with E-state index >= 15 is 0 Å². The number of anilines is 1. The summed E-state index contributed by atoms with van der Waals surface area (Å²) < 4.78 is 0. The smallest absolute Gasteiger partial charge is 0.101 e. The van der Waals surface area contributed by atoms with Gasteiger partial charge in [-0.3, -0.25) is 4.98 Å². The maximum Gasteiger partial charge on any atom is 0.101 e. The molecule has 0 aliphatic heterocycles. The van der Waals surface area contributed by atoms with Gasteiger partial charge in [-0.25, -0.2) is 0 Å². The van der Waals surface area contributed by atoms with Gasteiger partial charge in [-0.1, -0.05) is 6.07 Å². The molecular weight excluding hydrogens is 234 g/mol. The molecule has 3 heteroatoms. The highest BCUT2D eigenvalue weighted by Crippen LogP contribution is 2.20. The lowest BCUT2D eigenvalue weighted by molar-refractivity contribution is 0.873. The van der Waals surface area contributed by atoms with Gasteiger partial charge >= 0.3 is 0 Å². The first kappa shape index (κ1) is 13.1. The van der Waals surface area contributed by atoms with Gasteiger partial charge in [0, 0.05) is 26.0 Å². The van der Waals surface area contributed by atoms with E-state index in [4.69, 9.17) is 5.26 Å². The molecule has 0 fully saturated rings. The first-order valence-electron chi connectivity index (χ1n) is 6.31. The summed E-state index contributed by atoms with van der Waals surface area (Å²) >= 11 is 0. The Hall–Kier alpha value is -2.34. The minimum Gasteiger partial charge on any atom is -0.373 e. The summed E-state index contributed by atoms with van der Waals surface area (Å²) in [7, 11) is 2.02. The first-order valence-corrected chi connectivity index (χ1v) is 6.31. The van der Waals surface area contributed by atoms with Crippen molar-refractivity contribution in [2.24, 2.45) is 0 Å². The number of hydrogen-bond acceptors (Lipinski definition) is 3. The van der Waals surface area contributed by atoms with Crippen LogP contribution in [0.5, 0.6) is 0 Å². The highest BCUT2D eigenvalue weighted by molar-refractivity contribution is 5.60. The number of aromatic nitrogens is 1. The summed E-state index contributed by atoms with van der Waals surface area (Å²) in [5, 5.41) is 9.16. The molecule has 96 valence electrons. The highest BCUT2D eigenvalue weighted by atomic mass is 15.1. The van der Waals surface area contributed by atoms with E-state index in [9.17, 15) is 0 Å². The van der Waals surface area contributed by atoms with Gasteiger partial charge in [0.1, 0.15) is 6.07 Å². The molecule has 0 radical (unpaired) electrons. The van der Waals surface area contributed by atoms with E-state index in [-0.39, 0.29) is 0 Å². The molecule has 3 nitrogen and oxygen atoms in total. The van der Waals surface area contributed by atoms with Gasteiger partial charge in [-0.2, -0.15) is 5.26 Å². The third-order valence-electron chi connectivity index (χ3n) is 3.17. The van der Waals surface area contributed by atoms with Gasteiger partial charge < -0.3 is 4.90 Å². The maximum atomic E-state index is 9.16. The van der Waals surface area contributed by atoms with Crippen molar-refractivity contribution in [2.45, 2.75) is 13.3 Å². The van der Waals surface area contributed by atoms with Gasteiger partial charge in [0.15, 0.2) is 0 Å². The molecule has 0 N–H and O–H groups in total. The van der Waals surface area contributed by atoms with Crippen LogP contribution in [-0.2, 0) is 6.42 Å². The largest absolute Gasteiger partial charge is 0.373 e. The molecule has 1 heterocycles. The lowest BCUT2D eigenvalue weighted by Crippen LogP contribution is -2.21. The summed E-state index contributed by atoms with van der Waals surface area (Å²) in [6.45, 7) is 2.92. The van der Waals surface area contributed by atoms with E-state index in [1.165, 1.54) is 11.1 Å². The van der Waals surface area contributed by atoms with E-state index in [0.29, 0.717) is 0 Å². The standard InChI is InChI=1S/C16H17N3/c1-13-3-4-15(12-17)16(11-13)19(2)10-7-14-5-8-18-9-6-14/h3-6,8-9,11H,7,10H2,1-2H3. The van der Waals surface area contributed by atoms with Crippen LogP contribution in [0, 0.1) is 18.3 Å². The van der Waals surface area contributed by atoms with Crippen molar-refractivity contribution in [3.05, 3.63) is 59.4 Å². The molecule has 2 aromatic rings. The van der Waals surface area contributed by atoms with Crippen LogP contribution in [0.15, 0.2) is 42.7 Å². The molecule has 0 bridgehead atoms. The van der Waals surface area contributed by atoms with Gasteiger partial charge in [-0.05, 0) is 48.7 Å². The molecule has 0 aliphatic carbocycles. The first-order chi connectivity index (χ1) is 9.20. The number of aryl methyl sites for hydroxylation is 1. The molecule has 2 rings (SSSR count). The van der Waals surface area contributed by atoms with Crippen molar-refractivity contribution >= 4 is 5.69 Å². The quantitative estimate of drug-likeness (QED) is 0.838. The Labute approximate surface area is 114 Å². The van der Waals surface area contributed by atoms with Crippen LogP contribution in [0.3, 0.4) is 0 Å². The van der Waals surface area contributed by atoms with Crippen LogP contribution in [0.25, 0.3) is 0 Å². The lowest BCUT2D eigenvalue weighted by atomic mass is 10.1. The molecule has 0 saturated heterocycles. The fourth-order valence-corrected chi connectivity index (χ4v) is 2.02. The average molecular weight is 251 g/mol. The molecule has 0 unspecified atom stereocenters. The summed E-state index contributed by atoms with van der Waals surface area (Å²) in [5.41, 5.74) is 4.15. The SMILES string of the molecule is Cc1ccc(C#N)c(N(C)CCc2ccncc2)c1. The third kappa shape index (κ3) is 3.32. The predicted molar refractivity (Wildman–Crippen MR) is 77.1 cm³/mol. The van der Waals surface area contributed by atoms with Crippen LogP contribution in [0.1, 0.15) is 16.7 Å². The maximum absolute atomic E-state index is 9.16. The molecule has 1 aromatic heterocycles. The number of benzene rings is 1. The van der Waals surface area contributed by atoms with Gasteiger partial charge in [0.2, 0.25) is 0 Å². The number of likely N-dealkylation sites (N-methyl/N-ethyl adjacent to an activating group) is 1. The Balaban J connectivity index is 2.10. The van der Waals surface area contributed by atoms with Crippen molar-refractivity contribution in [1.29, 1.82) is 5.26 Å². The molecular formula is C16H17N3. The van der Waals surface area contributed by atoms with Crippen LogP contribution in [-0.4, -0.2) is 18.6 Å². The Bertz CT molecular complexity index is 585. The minimum atomic E-state index is 0.725. The van der Waals surface area contributed by atoms with Crippen LogP contribution in [0.2, 0.25) is 0 Å². The van der Waals surface area contributed by atoms with E-state index in [1.807, 2.05) is 50.6 Å². The van der Waals surface area contributed by atoms with Crippen molar-refractivity contribution in [3.63, 3.8) is 0 Å². The number of pyridine rings is 1. The van der Waals surface area contributed by atoms with E-state index in [2.05, 4.69) is 22.0 Å². The second-order valence-corrected chi connectivity index (χ2v) is 4.66. The number of nitrogens with zero attached hydrogens (tertiary/aromatic N) is 3. The Morgan fingerprint density at radius 2 is 1.95 bits per heavy atom. The van der Waals surface area contributed by atoms with E-state index in [0.717, 1.165) is 24.2 Å². The Morgan fingerprint density at radius 3 is 2.63 bits per heavy atom. The molecule has 19 heavy (non-hydrogen) atoms. The molecule has 0 amide bonds. The zero-order chi connectivity index (χ0) is 13.7. The molecule has 0 aliphatic rings. The third-order valence-corrected chi connectivity index (χ3v) is 3.17. The van der Waals surface area contributed by atoms with E-state index < -0.39 is 0 Å². The lowest BCUT2D eigenvalue weighted by Gasteiger charge is -2.21. The molecule has 0 saturated carbocycles. The van der Waals surface area contributed by atoms with Crippen molar-refractivity contribution in [3.8, 4) is 6.07 Å². The molecule has 0 atom stereocenters. The number of rotatable bonds is 4. The fraction of sp³-hybridized carbons (Fsp3) is 0.250. The second-order valence-electron chi connectivity index (χ2n) is 4.66. The predicted octanol–water partition coefficient (Wildman–Crippen LogP) is 2.94. The average Bonchev–Trinajstić information content (AvgIpc) is 2.46. The van der Waals surface area contributed by atoms with Gasteiger partial charge in [0.25, 0.3) is 0 Å². The number of nitriles is 1. The fourth-order valence-electron chi connectivity index (χ4n) is 2.02. The normalized spacial score (nSPS) is 9.95. The Kier molecular flexibility index (Phi) is 4.15. The zero-order valence-corrected chi connectivity index (χ0v) is 11.3. The summed E-state index contributed by atoms with van der Waals surface area (Å²) in [4.78, 5) is 6.14. The zero-order valence-electron chi connectivity index (χ0n) is 11.3. The highest BCUT2D eigenvalue weighted by Gasteiger charge is 2.07. The Morgan fingerprint density at radius 1 is 1.21 bits per heavy atom. The minimum absolute atomic E-state index is 0.725. The molecule has 0 spiro atoms. The number of hydrogen-bond donors (Lipinski definition) is 0. The topological polar surface area (TPSA) is 39.9 Å². The van der Waals surface area contributed by atoms with Gasteiger partial charge in [0.05, 0.1) is 11.3 Å². The van der Waals surface area contributed by atoms with Crippen LogP contribution < -0.4 is 4.90 Å². The van der Waals surface area contributed by atoms with Crippen molar-refractivity contribution < 1.29 is 0 Å². The summed E-state index contributed by atoms with van der Waals surface area (Å²) in [6, 6.07) is 12.2. The van der Waals surface area contributed by atoms with Crippen molar-refractivity contribution in [1.82, 2.24) is 4.98 Å². The molecule has 1 aromatic carbocycles. The monoisotopic (exact) mass is 251 g/mol. The van der Waals surface area contributed by atoms with Crippen LogP contribution >= 0.6 is 0 Å². The van der Waals surface area contributed by atoms with Crippen molar-refractivity contribution in [2.75, 3.05) is 18.5 Å². The summed E-state index contributed by atoms with van der Waals surface area (Å²) in [6.07, 6.45) is 4.56. The van der Waals surface area contributed by atoms with Gasteiger partial charge in [-0.15, -0.1) is 0 Å². The summed E-state index contributed by atoms with van der Waals surface area (Å²) in [5.74, 6) is 0. The van der Waals surface area contributed by atoms with Crippen LogP contribution in [0.4, 0.5) is 5.69 Å². The second kappa shape index (κ2) is 6.01.